The fourth-order valence-corrected chi connectivity index (χ4v) is 2.99. The number of carbonyl (C=O) groups excluding carboxylic acids is 1. The summed E-state index contributed by atoms with van der Waals surface area (Å²) in [5, 5.41) is 10.8. The maximum absolute atomic E-state index is 12.1. The number of carbonyl (C=O) groups is 1. The van der Waals surface area contributed by atoms with E-state index in [4.69, 9.17) is 4.52 Å². The van der Waals surface area contributed by atoms with E-state index >= 15 is 0 Å². The van der Waals surface area contributed by atoms with Crippen molar-refractivity contribution in [2.24, 2.45) is 5.92 Å². The number of hydrogen-bond acceptors (Lipinski definition) is 4. The van der Waals surface area contributed by atoms with Gasteiger partial charge in [-0.1, -0.05) is 42.8 Å². The van der Waals surface area contributed by atoms with Crippen molar-refractivity contribution in [3.05, 3.63) is 64.7 Å². The average molecular weight is 366 g/mol. The molecule has 2 aromatic heterocycles. The summed E-state index contributed by atoms with van der Waals surface area (Å²) in [6.45, 7) is 9.26. The molecule has 0 saturated heterocycles. The summed E-state index contributed by atoms with van der Waals surface area (Å²) < 4.78 is 6.80. The smallest absolute Gasteiger partial charge is 0.295 e. The van der Waals surface area contributed by atoms with Crippen LogP contribution in [0.15, 0.2) is 41.1 Å². The van der Waals surface area contributed by atoms with Gasteiger partial charge in [0, 0.05) is 17.8 Å². The highest BCUT2D eigenvalue weighted by Crippen LogP contribution is 2.19. The minimum absolute atomic E-state index is 0.164. The Bertz CT molecular complexity index is 910. The largest absolute Gasteiger partial charge is 0.351 e. The van der Waals surface area contributed by atoms with Crippen LogP contribution in [0.3, 0.4) is 0 Å². The Morgan fingerprint density at radius 3 is 2.70 bits per heavy atom. The molecule has 2 heterocycles. The van der Waals surface area contributed by atoms with Gasteiger partial charge in [-0.15, -0.1) is 0 Å². The summed E-state index contributed by atoms with van der Waals surface area (Å²) in [6, 6.07) is 9.99. The van der Waals surface area contributed by atoms with Crippen LogP contribution in [-0.2, 0) is 13.0 Å². The van der Waals surface area contributed by atoms with Crippen molar-refractivity contribution in [1.29, 1.82) is 0 Å². The number of benzene rings is 1. The molecule has 0 aliphatic rings. The number of nitrogens with zero attached hydrogens (tertiary/aromatic N) is 3. The number of hydrogen-bond donors (Lipinski definition) is 1. The minimum Gasteiger partial charge on any atom is -0.351 e. The van der Waals surface area contributed by atoms with Gasteiger partial charge in [0.15, 0.2) is 5.82 Å². The van der Waals surface area contributed by atoms with E-state index in [-0.39, 0.29) is 11.7 Å². The molecule has 1 N–H and O–H groups in total. The number of aromatic nitrogens is 3. The van der Waals surface area contributed by atoms with Crippen LogP contribution in [-0.4, -0.2) is 20.8 Å². The van der Waals surface area contributed by atoms with Gasteiger partial charge in [0.05, 0.1) is 12.7 Å². The quantitative estimate of drug-likeness (QED) is 0.673. The zero-order valence-corrected chi connectivity index (χ0v) is 16.3. The number of nitrogens with one attached hydrogen (secondary N) is 1. The molecule has 0 saturated carbocycles. The summed E-state index contributed by atoms with van der Waals surface area (Å²) in [4.78, 5) is 12.1. The Morgan fingerprint density at radius 1 is 1.19 bits per heavy atom. The normalized spacial score (nSPS) is 11.1. The first-order valence-electron chi connectivity index (χ1n) is 9.27. The van der Waals surface area contributed by atoms with Gasteiger partial charge >= 0.3 is 0 Å². The first-order chi connectivity index (χ1) is 12.9. The summed E-state index contributed by atoms with van der Waals surface area (Å²) in [5.41, 5.74) is 4.85. The maximum Gasteiger partial charge on any atom is 0.295 e. The molecule has 27 heavy (non-hydrogen) atoms. The standard InChI is InChI=1S/C21H26N4O2/c1-14(2)5-7-17-8-6-15(3)11-18(17)13-25-16(4)12-20(24-25)23-21(26)19-9-10-22-27-19/h6,8-12,14H,5,7,13H2,1-4H3,(H,23,24,26). The topological polar surface area (TPSA) is 73.0 Å². The van der Waals surface area contributed by atoms with Gasteiger partial charge in [-0.2, -0.15) is 5.10 Å². The van der Waals surface area contributed by atoms with E-state index in [9.17, 15) is 4.79 Å². The predicted octanol–water partition coefficient (Wildman–Crippen LogP) is 4.38. The molecule has 0 aliphatic heterocycles. The molecule has 0 bridgehead atoms. The van der Waals surface area contributed by atoms with E-state index in [0.717, 1.165) is 18.5 Å². The SMILES string of the molecule is Cc1ccc(CCC(C)C)c(Cn2nc(NC(=O)c3ccno3)cc2C)c1. The third-order valence-corrected chi connectivity index (χ3v) is 4.56. The molecule has 0 spiro atoms. The molecule has 0 unspecified atom stereocenters. The maximum atomic E-state index is 12.1. The third-order valence-electron chi connectivity index (χ3n) is 4.56. The minimum atomic E-state index is -0.356. The van der Waals surface area contributed by atoms with E-state index in [2.05, 4.69) is 54.5 Å². The number of aryl methyl sites for hydroxylation is 3. The van der Waals surface area contributed by atoms with Crippen molar-refractivity contribution in [1.82, 2.24) is 14.9 Å². The van der Waals surface area contributed by atoms with Crippen molar-refractivity contribution in [2.45, 2.75) is 47.1 Å². The van der Waals surface area contributed by atoms with Gasteiger partial charge in [-0.3, -0.25) is 9.48 Å². The van der Waals surface area contributed by atoms with Gasteiger partial charge in [0.2, 0.25) is 5.76 Å². The van der Waals surface area contributed by atoms with E-state index in [1.165, 1.54) is 29.0 Å². The van der Waals surface area contributed by atoms with Crippen molar-refractivity contribution in [3.63, 3.8) is 0 Å². The monoisotopic (exact) mass is 366 g/mol. The average Bonchev–Trinajstić information content (AvgIpc) is 3.25. The van der Waals surface area contributed by atoms with Crippen LogP contribution < -0.4 is 5.32 Å². The van der Waals surface area contributed by atoms with Gasteiger partial charge < -0.3 is 9.84 Å². The third kappa shape index (κ3) is 4.84. The Kier molecular flexibility index (Phi) is 5.74. The summed E-state index contributed by atoms with van der Waals surface area (Å²) >= 11 is 0. The van der Waals surface area contributed by atoms with E-state index in [0.29, 0.717) is 18.3 Å². The lowest BCUT2D eigenvalue weighted by Crippen LogP contribution is -2.12. The van der Waals surface area contributed by atoms with Crippen molar-refractivity contribution >= 4 is 11.7 Å². The van der Waals surface area contributed by atoms with Gasteiger partial charge in [-0.25, -0.2) is 0 Å². The first-order valence-corrected chi connectivity index (χ1v) is 9.27. The number of amides is 1. The molecule has 0 fully saturated rings. The molecule has 6 nitrogen and oxygen atoms in total. The van der Waals surface area contributed by atoms with Crippen LogP contribution in [0.25, 0.3) is 0 Å². The second-order valence-corrected chi connectivity index (χ2v) is 7.36. The van der Waals surface area contributed by atoms with Crippen LogP contribution in [0.1, 0.15) is 53.2 Å². The molecule has 0 atom stereocenters. The van der Waals surface area contributed by atoms with Crippen molar-refractivity contribution in [2.75, 3.05) is 5.32 Å². The van der Waals surface area contributed by atoms with Crippen molar-refractivity contribution < 1.29 is 9.32 Å². The molecule has 142 valence electrons. The Balaban J connectivity index is 1.77. The molecule has 0 aliphatic carbocycles. The zero-order valence-electron chi connectivity index (χ0n) is 16.3. The van der Waals surface area contributed by atoms with E-state index < -0.39 is 0 Å². The van der Waals surface area contributed by atoms with Gasteiger partial charge in [0.25, 0.3) is 5.91 Å². The predicted molar refractivity (Wildman–Crippen MR) is 105 cm³/mol. The van der Waals surface area contributed by atoms with Crippen LogP contribution in [0.4, 0.5) is 5.82 Å². The zero-order chi connectivity index (χ0) is 19.4. The molecular formula is C21H26N4O2. The summed E-state index contributed by atoms with van der Waals surface area (Å²) in [6.07, 6.45) is 3.66. The second kappa shape index (κ2) is 8.20. The lowest BCUT2D eigenvalue weighted by atomic mass is 9.97. The summed E-state index contributed by atoms with van der Waals surface area (Å²) in [7, 11) is 0. The van der Waals surface area contributed by atoms with Crippen LogP contribution >= 0.6 is 0 Å². The molecule has 1 aromatic carbocycles. The molecule has 6 heteroatoms. The van der Waals surface area contributed by atoms with Gasteiger partial charge in [-0.05, 0) is 43.7 Å². The fraction of sp³-hybridized carbons (Fsp3) is 0.381. The molecule has 0 radical (unpaired) electrons. The Hall–Kier alpha value is -2.89. The highest BCUT2D eigenvalue weighted by atomic mass is 16.5. The lowest BCUT2D eigenvalue weighted by Gasteiger charge is -2.13. The second-order valence-electron chi connectivity index (χ2n) is 7.36. The summed E-state index contributed by atoms with van der Waals surface area (Å²) in [5.74, 6) is 0.982. The first kappa shape index (κ1) is 18.9. The molecule has 3 rings (SSSR count). The van der Waals surface area contributed by atoms with Gasteiger partial charge in [0.1, 0.15) is 0 Å². The van der Waals surface area contributed by atoms with Crippen LogP contribution in [0.5, 0.6) is 0 Å². The highest BCUT2D eigenvalue weighted by molar-refractivity contribution is 6.01. The van der Waals surface area contributed by atoms with Crippen LogP contribution in [0, 0.1) is 19.8 Å². The Morgan fingerprint density at radius 2 is 2.00 bits per heavy atom. The number of rotatable bonds is 7. The highest BCUT2D eigenvalue weighted by Gasteiger charge is 2.14. The van der Waals surface area contributed by atoms with Crippen molar-refractivity contribution in [3.8, 4) is 0 Å². The molecule has 1 amide bonds. The molecular weight excluding hydrogens is 340 g/mol. The van der Waals surface area contributed by atoms with E-state index in [1.807, 2.05) is 17.7 Å². The van der Waals surface area contributed by atoms with Crippen LogP contribution in [0.2, 0.25) is 0 Å². The lowest BCUT2D eigenvalue weighted by molar-refractivity contribution is 0.0987. The van der Waals surface area contributed by atoms with E-state index in [1.54, 1.807) is 0 Å². The number of anilines is 1. The molecule has 3 aromatic rings. The fourth-order valence-electron chi connectivity index (χ4n) is 2.99. The Labute approximate surface area is 159 Å².